The highest BCUT2D eigenvalue weighted by molar-refractivity contribution is 14.0. The number of ether oxygens (including phenoxy) is 1. The number of halogens is 1. The summed E-state index contributed by atoms with van der Waals surface area (Å²) in [7, 11) is -1.52. The first kappa shape index (κ1) is 22.9. The standard InChI is InChI=1S/C14H30N4O3S.HI/c1-3-4-5-6-7-16-14(15-2)17-8-13-22(19,20)18-9-11-21-12-10-18;/h3-13H2,1-2H3,(H2,15,16,17);1H. The van der Waals surface area contributed by atoms with Crippen molar-refractivity contribution < 1.29 is 13.2 Å². The van der Waals surface area contributed by atoms with E-state index in [2.05, 4.69) is 22.5 Å². The molecule has 0 aliphatic carbocycles. The van der Waals surface area contributed by atoms with Gasteiger partial charge in [0.1, 0.15) is 0 Å². The number of rotatable bonds is 9. The highest BCUT2D eigenvalue weighted by atomic mass is 127. The summed E-state index contributed by atoms with van der Waals surface area (Å²) in [6.45, 7) is 5.26. The van der Waals surface area contributed by atoms with Crippen molar-refractivity contribution in [1.82, 2.24) is 14.9 Å². The second-order valence-electron chi connectivity index (χ2n) is 5.31. The largest absolute Gasteiger partial charge is 0.379 e. The first-order chi connectivity index (χ1) is 10.6. The van der Waals surface area contributed by atoms with Gasteiger partial charge in [-0.25, -0.2) is 8.42 Å². The molecule has 138 valence electrons. The van der Waals surface area contributed by atoms with E-state index in [-0.39, 0.29) is 29.7 Å². The van der Waals surface area contributed by atoms with Crippen LogP contribution in [0.15, 0.2) is 4.99 Å². The maximum absolute atomic E-state index is 12.2. The molecule has 7 nitrogen and oxygen atoms in total. The van der Waals surface area contributed by atoms with Crippen LogP contribution < -0.4 is 10.6 Å². The summed E-state index contributed by atoms with van der Waals surface area (Å²) < 4.78 is 31.0. The molecule has 0 radical (unpaired) electrons. The Morgan fingerprint density at radius 1 is 1.13 bits per heavy atom. The molecule has 0 aromatic rings. The van der Waals surface area contributed by atoms with Gasteiger partial charge in [0.25, 0.3) is 0 Å². The summed E-state index contributed by atoms with van der Waals surface area (Å²) in [4.78, 5) is 4.10. The van der Waals surface area contributed by atoms with Crippen molar-refractivity contribution in [1.29, 1.82) is 0 Å². The highest BCUT2D eigenvalue weighted by Crippen LogP contribution is 2.04. The monoisotopic (exact) mass is 462 g/mol. The maximum Gasteiger partial charge on any atom is 0.215 e. The predicted molar refractivity (Wildman–Crippen MR) is 105 cm³/mol. The minimum Gasteiger partial charge on any atom is -0.379 e. The first-order valence-corrected chi connectivity index (χ1v) is 9.71. The molecular formula is C14H31IN4O3S. The van der Waals surface area contributed by atoms with Crippen LogP contribution in [-0.2, 0) is 14.8 Å². The van der Waals surface area contributed by atoms with Crippen molar-refractivity contribution in [3.8, 4) is 0 Å². The molecule has 0 atom stereocenters. The molecule has 1 fully saturated rings. The Morgan fingerprint density at radius 3 is 2.39 bits per heavy atom. The van der Waals surface area contributed by atoms with E-state index in [1.165, 1.54) is 23.6 Å². The van der Waals surface area contributed by atoms with E-state index in [1.807, 2.05) is 0 Å². The quantitative estimate of drug-likeness (QED) is 0.231. The van der Waals surface area contributed by atoms with Crippen molar-refractivity contribution in [2.24, 2.45) is 4.99 Å². The fourth-order valence-corrected chi connectivity index (χ4v) is 3.56. The zero-order chi connectivity index (χ0) is 16.3. The summed E-state index contributed by atoms with van der Waals surface area (Å²) in [6, 6.07) is 0. The van der Waals surface area contributed by atoms with Gasteiger partial charge in [-0.1, -0.05) is 26.2 Å². The molecule has 0 aromatic carbocycles. The molecule has 0 unspecified atom stereocenters. The van der Waals surface area contributed by atoms with Gasteiger partial charge in [0.05, 0.1) is 19.0 Å². The second-order valence-corrected chi connectivity index (χ2v) is 7.40. The van der Waals surface area contributed by atoms with Gasteiger partial charge >= 0.3 is 0 Å². The lowest BCUT2D eigenvalue weighted by molar-refractivity contribution is 0.0730. The number of unbranched alkanes of at least 4 members (excludes halogenated alkanes) is 3. The van der Waals surface area contributed by atoms with Crippen LogP contribution in [0.1, 0.15) is 32.6 Å². The molecule has 2 N–H and O–H groups in total. The third-order valence-corrected chi connectivity index (χ3v) is 5.43. The van der Waals surface area contributed by atoms with Crippen molar-refractivity contribution in [2.45, 2.75) is 32.6 Å². The van der Waals surface area contributed by atoms with Crippen molar-refractivity contribution in [3.05, 3.63) is 0 Å². The summed E-state index contributed by atoms with van der Waals surface area (Å²) in [6.07, 6.45) is 4.75. The lowest BCUT2D eigenvalue weighted by Gasteiger charge is -2.26. The molecule has 9 heteroatoms. The van der Waals surface area contributed by atoms with Gasteiger partial charge in [-0.15, -0.1) is 24.0 Å². The molecule has 1 rings (SSSR count). The summed E-state index contributed by atoms with van der Waals surface area (Å²) in [5.41, 5.74) is 0. The topological polar surface area (TPSA) is 83.0 Å². The Kier molecular flexibility index (Phi) is 13.1. The Bertz CT molecular complexity index is 426. The molecule has 0 spiro atoms. The van der Waals surface area contributed by atoms with E-state index >= 15 is 0 Å². The molecule has 0 saturated carbocycles. The minimum atomic E-state index is -3.21. The molecule has 1 saturated heterocycles. The number of nitrogens with one attached hydrogen (secondary N) is 2. The van der Waals surface area contributed by atoms with Crippen molar-refractivity contribution >= 4 is 40.0 Å². The van der Waals surface area contributed by atoms with Crippen LogP contribution in [0, 0.1) is 0 Å². The van der Waals surface area contributed by atoms with Crippen molar-refractivity contribution in [3.63, 3.8) is 0 Å². The van der Waals surface area contributed by atoms with Crippen LogP contribution in [0.2, 0.25) is 0 Å². The Morgan fingerprint density at radius 2 is 1.78 bits per heavy atom. The van der Waals surface area contributed by atoms with Crippen LogP contribution in [-0.4, -0.2) is 70.9 Å². The van der Waals surface area contributed by atoms with Crippen LogP contribution in [0.25, 0.3) is 0 Å². The zero-order valence-corrected chi connectivity index (χ0v) is 17.4. The number of morpholine rings is 1. The van der Waals surface area contributed by atoms with Gasteiger partial charge in [0, 0.05) is 33.2 Å². The number of sulfonamides is 1. The Balaban J connectivity index is 0.00000484. The van der Waals surface area contributed by atoms with Crippen LogP contribution in [0.4, 0.5) is 0 Å². The van der Waals surface area contributed by atoms with Gasteiger partial charge in [-0.2, -0.15) is 4.31 Å². The van der Waals surface area contributed by atoms with Gasteiger partial charge in [0.15, 0.2) is 5.96 Å². The van der Waals surface area contributed by atoms with E-state index < -0.39 is 10.0 Å². The maximum atomic E-state index is 12.2. The smallest absolute Gasteiger partial charge is 0.215 e. The molecule has 0 bridgehead atoms. The lowest BCUT2D eigenvalue weighted by Crippen LogP contribution is -2.45. The SMILES string of the molecule is CCCCCCNC(=NC)NCCS(=O)(=O)N1CCOCC1.I. The number of nitrogens with zero attached hydrogens (tertiary/aromatic N) is 2. The average molecular weight is 462 g/mol. The minimum absolute atomic E-state index is 0. The van der Waals surface area contributed by atoms with Crippen LogP contribution >= 0.6 is 24.0 Å². The third kappa shape index (κ3) is 9.68. The fourth-order valence-electron chi connectivity index (χ4n) is 2.23. The second kappa shape index (κ2) is 13.2. The molecule has 23 heavy (non-hydrogen) atoms. The van der Waals surface area contributed by atoms with Gasteiger partial charge in [0.2, 0.25) is 10.0 Å². The zero-order valence-electron chi connectivity index (χ0n) is 14.2. The first-order valence-electron chi connectivity index (χ1n) is 8.10. The van der Waals surface area contributed by atoms with E-state index in [9.17, 15) is 8.42 Å². The van der Waals surface area contributed by atoms with E-state index in [0.717, 1.165) is 13.0 Å². The predicted octanol–water partition coefficient (Wildman–Crippen LogP) is 1.01. The Labute approximate surface area is 157 Å². The third-order valence-electron chi connectivity index (χ3n) is 3.56. The average Bonchev–Trinajstić information content (AvgIpc) is 2.53. The number of guanidine groups is 1. The molecule has 1 aliphatic rings. The van der Waals surface area contributed by atoms with Crippen molar-refractivity contribution in [2.75, 3.05) is 52.2 Å². The number of hydrogen-bond donors (Lipinski definition) is 2. The fraction of sp³-hybridized carbons (Fsp3) is 0.929. The van der Waals surface area contributed by atoms with Gasteiger partial charge < -0.3 is 15.4 Å². The molecule has 0 amide bonds. The highest BCUT2D eigenvalue weighted by Gasteiger charge is 2.23. The van der Waals surface area contributed by atoms with Gasteiger partial charge in [-0.3, -0.25) is 4.99 Å². The summed E-state index contributed by atoms with van der Waals surface area (Å²) >= 11 is 0. The summed E-state index contributed by atoms with van der Waals surface area (Å²) in [5, 5.41) is 6.26. The molecule has 0 aromatic heterocycles. The van der Waals surface area contributed by atoms with Crippen LogP contribution in [0.3, 0.4) is 0 Å². The van der Waals surface area contributed by atoms with Crippen LogP contribution in [0.5, 0.6) is 0 Å². The summed E-state index contributed by atoms with van der Waals surface area (Å²) in [5.74, 6) is 0.734. The normalized spacial score (nSPS) is 16.7. The molecule has 1 heterocycles. The molecular weight excluding hydrogens is 431 g/mol. The number of aliphatic imine (C=N–C) groups is 1. The van der Waals surface area contributed by atoms with E-state index in [4.69, 9.17) is 4.74 Å². The number of hydrogen-bond acceptors (Lipinski definition) is 4. The van der Waals surface area contributed by atoms with E-state index in [0.29, 0.717) is 38.8 Å². The lowest BCUT2D eigenvalue weighted by atomic mass is 10.2. The van der Waals surface area contributed by atoms with E-state index in [1.54, 1.807) is 7.05 Å². The Hall–Kier alpha value is -0.130. The molecule has 1 aliphatic heterocycles. The van der Waals surface area contributed by atoms with Gasteiger partial charge in [-0.05, 0) is 6.42 Å².